The molecule has 0 spiro atoms. The molecule has 0 heterocycles. The van der Waals surface area contributed by atoms with Gasteiger partial charge in [0.25, 0.3) is 0 Å². The summed E-state index contributed by atoms with van der Waals surface area (Å²) < 4.78 is 5.55. The Labute approximate surface area is 123 Å². The van der Waals surface area contributed by atoms with Crippen molar-refractivity contribution in [2.75, 3.05) is 6.61 Å². The summed E-state index contributed by atoms with van der Waals surface area (Å²) in [4.78, 5) is 10.6. The van der Waals surface area contributed by atoms with Gasteiger partial charge in [-0.25, -0.2) is 0 Å². The topological polar surface area (TPSA) is 88.2 Å². The molecule has 1 aliphatic carbocycles. The first-order valence-electron chi connectivity index (χ1n) is 7.01. The number of rotatable bonds is 7. The van der Waals surface area contributed by atoms with Crippen LogP contribution < -0.4 is 10.1 Å². The molecular weight excluding hydrogens is 270 g/mol. The highest BCUT2D eigenvalue weighted by molar-refractivity contribution is 5.52. The van der Waals surface area contributed by atoms with E-state index in [-0.39, 0.29) is 18.0 Å². The first-order valence-corrected chi connectivity index (χ1v) is 7.01. The molecule has 1 N–H and O–H groups in total. The van der Waals surface area contributed by atoms with Gasteiger partial charge in [0.15, 0.2) is 5.75 Å². The van der Waals surface area contributed by atoms with Gasteiger partial charge in [-0.05, 0) is 32.8 Å². The van der Waals surface area contributed by atoms with Crippen LogP contribution in [0.4, 0.5) is 5.69 Å². The van der Waals surface area contributed by atoms with Crippen molar-refractivity contribution in [1.29, 1.82) is 5.26 Å². The van der Waals surface area contributed by atoms with Crippen molar-refractivity contribution in [3.05, 3.63) is 33.9 Å². The van der Waals surface area contributed by atoms with E-state index in [4.69, 9.17) is 4.74 Å². The van der Waals surface area contributed by atoms with E-state index in [9.17, 15) is 15.4 Å². The van der Waals surface area contributed by atoms with Crippen LogP contribution >= 0.6 is 0 Å². The van der Waals surface area contributed by atoms with Crippen molar-refractivity contribution in [3.63, 3.8) is 0 Å². The van der Waals surface area contributed by atoms with Gasteiger partial charge in [-0.3, -0.25) is 15.4 Å². The molecule has 0 saturated heterocycles. The Morgan fingerprint density at radius 1 is 1.57 bits per heavy atom. The van der Waals surface area contributed by atoms with Crippen molar-refractivity contribution in [1.82, 2.24) is 5.32 Å². The first kappa shape index (κ1) is 15.3. The molecule has 1 aliphatic rings. The summed E-state index contributed by atoms with van der Waals surface area (Å²) in [6.07, 6.45) is 2.67. The third kappa shape index (κ3) is 3.92. The third-order valence-electron chi connectivity index (χ3n) is 3.59. The predicted molar refractivity (Wildman–Crippen MR) is 78.1 cm³/mol. The second-order valence-corrected chi connectivity index (χ2v) is 5.64. The van der Waals surface area contributed by atoms with Gasteiger partial charge in [-0.1, -0.05) is 12.1 Å². The van der Waals surface area contributed by atoms with E-state index in [0.717, 1.165) is 12.8 Å². The van der Waals surface area contributed by atoms with Crippen molar-refractivity contribution in [3.8, 4) is 11.8 Å². The van der Waals surface area contributed by atoms with Gasteiger partial charge < -0.3 is 4.74 Å². The number of para-hydroxylation sites is 1. The Morgan fingerprint density at radius 3 is 2.86 bits per heavy atom. The summed E-state index contributed by atoms with van der Waals surface area (Å²) in [5.74, 6) is 0.256. The lowest BCUT2D eigenvalue weighted by Crippen LogP contribution is -2.43. The van der Waals surface area contributed by atoms with Crippen LogP contribution in [-0.2, 0) is 0 Å². The van der Waals surface area contributed by atoms with E-state index in [1.54, 1.807) is 25.1 Å². The molecule has 1 unspecified atom stereocenters. The fraction of sp³-hybridized carbons (Fsp3) is 0.533. The number of nitrogens with zero attached hydrogens (tertiary/aromatic N) is 2. The second-order valence-electron chi connectivity index (χ2n) is 5.64. The number of benzene rings is 1. The minimum atomic E-state index is -0.653. The van der Waals surface area contributed by atoms with Gasteiger partial charge >= 0.3 is 5.69 Å². The monoisotopic (exact) mass is 289 g/mol. The highest BCUT2D eigenvalue weighted by Crippen LogP contribution is 2.30. The number of nitro benzene ring substituents is 1. The summed E-state index contributed by atoms with van der Waals surface area (Å²) in [5.41, 5.74) is -0.0947. The lowest BCUT2D eigenvalue weighted by Gasteiger charge is -2.23. The summed E-state index contributed by atoms with van der Waals surface area (Å²) in [7, 11) is 0. The van der Waals surface area contributed by atoms with Crippen molar-refractivity contribution < 1.29 is 9.66 Å². The third-order valence-corrected chi connectivity index (χ3v) is 3.59. The summed E-state index contributed by atoms with van der Waals surface area (Å²) in [6.45, 7) is 3.77. The zero-order valence-electron chi connectivity index (χ0n) is 12.3. The molecule has 2 rings (SSSR count). The van der Waals surface area contributed by atoms with Crippen LogP contribution in [0.3, 0.4) is 0 Å². The lowest BCUT2D eigenvalue weighted by molar-refractivity contribution is -0.386. The SMILES string of the molecule is Cc1cccc(OCCC(C)(C#N)NC2CC2)c1[N+](=O)[O-]. The molecule has 21 heavy (non-hydrogen) atoms. The molecule has 1 fully saturated rings. The average Bonchev–Trinajstić information content (AvgIpc) is 3.22. The Hall–Kier alpha value is -2.13. The zero-order valence-corrected chi connectivity index (χ0v) is 12.3. The quantitative estimate of drug-likeness (QED) is 0.616. The van der Waals surface area contributed by atoms with Gasteiger partial charge in [0.05, 0.1) is 17.6 Å². The fourth-order valence-electron chi connectivity index (χ4n) is 2.19. The Morgan fingerprint density at radius 2 is 2.29 bits per heavy atom. The maximum atomic E-state index is 11.1. The van der Waals surface area contributed by atoms with E-state index in [1.165, 1.54) is 0 Å². The fourth-order valence-corrected chi connectivity index (χ4v) is 2.19. The molecule has 112 valence electrons. The molecule has 1 aromatic rings. The van der Waals surface area contributed by atoms with Crippen LogP contribution in [0.25, 0.3) is 0 Å². The molecule has 6 heteroatoms. The smallest absolute Gasteiger partial charge is 0.313 e. The molecule has 0 aliphatic heterocycles. The Kier molecular flexibility index (Phi) is 4.43. The standard InChI is InChI=1S/C15H19N3O3/c1-11-4-3-5-13(14(11)18(19)20)21-9-8-15(2,10-16)17-12-6-7-12/h3-5,12,17H,6-9H2,1-2H3. The van der Waals surface area contributed by atoms with Crippen LogP contribution in [0.5, 0.6) is 5.75 Å². The van der Waals surface area contributed by atoms with Crippen LogP contribution in [0, 0.1) is 28.4 Å². The summed E-state index contributed by atoms with van der Waals surface area (Å²) >= 11 is 0. The molecule has 1 atom stereocenters. The number of hydrogen-bond donors (Lipinski definition) is 1. The van der Waals surface area contributed by atoms with E-state index < -0.39 is 10.5 Å². The average molecular weight is 289 g/mol. The lowest BCUT2D eigenvalue weighted by atomic mass is 10.0. The van der Waals surface area contributed by atoms with Gasteiger partial charge in [0.1, 0.15) is 5.54 Å². The molecule has 0 bridgehead atoms. The molecule has 0 radical (unpaired) electrons. The summed E-state index contributed by atoms with van der Waals surface area (Å²) in [6, 6.07) is 7.67. The maximum absolute atomic E-state index is 11.1. The van der Waals surface area contributed by atoms with Crippen LogP contribution in [0.15, 0.2) is 18.2 Å². The molecular formula is C15H19N3O3. The molecule has 1 saturated carbocycles. The normalized spacial score (nSPS) is 16.8. The number of hydrogen-bond acceptors (Lipinski definition) is 5. The van der Waals surface area contributed by atoms with Crippen molar-refractivity contribution >= 4 is 5.69 Å². The molecule has 0 amide bonds. The highest BCUT2D eigenvalue weighted by atomic mass is 16.6. The van der Waals surface area contributed by atoms with Crippen LogP contribution in [0.1, 0.15) is 31.7 Å². The number of nitro groups is 1. The molecule has 6 nitrogen and oxygen atoms in total. The number of nitriles is 1. The minimum absolute atomic E-state index is 0.00804. The van der Waals surface area contributed by atoms with E-state index >= 15 is 0 Å². The second kappa shape index (κ2) is 6.10. The maximum Gasteiger partial charge on any atom is 0.313 e. The van der Waals surface area contributed by atoms with E-state index in [1.807, 2.05) is 6.92 Å². The van der Waals surface area contributed by atoms with Crippen molar-refractivity contribution in [2.24, 2.45) is 0 Å². The van der Waals surface area contributed by atoms with Gasteiger partial charge in [-0.15, -0.1) is 0 Å². The summed E-state index contributed by atoms with van der Waals surface area (Å²) in [5, 5.41) is 23.6. The van der Waals surface area contributed by atoms with Gasteiger partial charge in [-0.2, -0.15) is 5.26 Å². The van der Waals surface area contributed by atoms with Crippen LogP contribution in [0.2, 0.25) is 0 Å². The molecule has 0 aromatic heterocycles. The van der Waals surface area contributed by atoms with E-state index in [0.29, 0.717) is 18.0 Å². The number of aryl methyl sites for hydroxylation is 1. The highest BCUT2D eigenvalue weighted by Gasteiger charge is 2.32. The predicted octanol–water partition coefficient (Wildman–Crippen LogP) is 2.71. The zero-order chi connectivity index (χ0) is 15.5. The largest absolute Gasteiger partial charge is 0.487 e. The number of ether oxygens (including phenoxy) is 1. The number of nitrogens with one attached hydrogen (secondary N) is 1. The van der Waals surface area contributed by atoms with Crippen LogP contribution in [-0.4, -0.2) is 23.1 Å². The minimum Gasteiger partial charge on any atom is -0.487 e. The molecule has 1 aromatic carbocycles. The van der Waals surface area contributed by atoms with E-state index in [2.05, 4.69) is 11.4 Å². The Balaban J connectivity index is 1.98. The van der Waals surface area contributed by atoms with Crippen molar-refractivity contribution in [2.45, 2.75) is 44.7 Å². The first-order chi connectivity index (χ1) is 9.95. The van der Waals surface area contributed by atoms with Gasteiger partial charge in [0, 0.05) is 18.0 Å². The Bertz CT molecular complexity index is 578. The van der Waals surface area contributed by atoms with Gasteiger partial charge in [0.2, 0.25) is 0 Å².